The van der Waals surface area contributed by atoms with E-state index in [4.69, 9.17) is 4.74 Å². The van der Waals surface area contributed by atoms with Crippen LogP contribution in [0.25, 0.3) is 0 Å². The van der Waals surface area contributed by atoms with Crippen LogP contribution in [-0.2, 0) is 16.0 Å². The van der Waals surface area contributed by atoms with Gasteiger partial charge in [0.1, 0.15) is 0 Å². The summed E-state index contributed by atoms with van der Waals surface area (Å²) in [4.78, 5) is 32.3. The average Bonchev–Trinajstić information content (AvgIpc) is 3.13. The molecule has 1 N–H and O–H groups in total. The monoisotopic (exact) mass is 407 g/mol. The first-order valence-corrected chi connectivity index (χ1v) is 10.7. The largest absolute Gasteiger partial charge is 0.381 e. The van der Waals surface area contributed by atoms with Crippen LogP contribution in [0.1, 0.15) is 34.3 Å². The minimum Gasteiger partial charge on any atom is -0.381 e. The number of likely N-dealkylation sites (tertiary alicyclic amines) is 1. The number of benzene rings is 1. The lowest BCUT2D eigenvalue weighted by Gasteiger charge is -2.37. The molecule has 2 aliphatic rings. The van der Waals surface area contributed by atoms with Gasteiger partial charge in [-0.25, -0.2) is 0 Å². The summed E-state index contributed by atoms with van der Waals surface area (Å²) in [6.45, 7) is 4.91. The molecular weight excluding hydrogens is 378 g/mol. The normalized spacial score (nSPS) is 20.3. The van der Waals surface area contributed by atoms with Crippen LogP contribution in [0.4, 0.5) is 0 Å². The molecule has 1 spiro atoms. The number of hydrogen-bond acceptors (Lipinski definition) is 4. The molecule has 4 rings (SSSR count). The van der Waals surface area contributed by atoms with Crippen LogP contribution in [0.15, 0.2) is 48.8 Å². The first-order chi connectivity index (χ1) is 14.6. The number of carbonyl (C=O) groups excluding carboxylic acids is 2. The molecule has 3 heterocycles. The van der Waals surface area contributed by atoms with Crippen molar-refractivity contribution >= 4 is 11.8 Å². The van der Waals surface area contributed by atoms with Crippen LogP contribution in [0, 0.1) is 18.3 Å². The van der Waals surface area contributed by atoms with E-state index < -0.39 is 0 Å². The molecule has 30 heavy (non-hydrogen) atoms. The summed E-state index contributed by atoms with van der Waals surface area (Å²) in [5.41, 5.74) is 2.64. The molecule has 0 bridgehead atoms. The highest BCUT2D eigenvalue weighted by molar-refractivity contribution is 5.96. The average molecular weight is 408 g/mol. The number of rotatable bonds is 5. The van der Waals surface area contributed by atoms with E-state index in [1.165, 1.54) is 0 Å². The van der Waals surface area contributed by atoms with Crippen LogP contribution >= 0.6 is 0 Å². The topological polar surface area (TPSA) is 71.5 Å². The standard InChI is InChI=1S/C24H29N3O3/c1-18-4-2-3-5-20(18)23(29)27-16-21(24(17-27)9-14-30-15-10-24)22(28)26-13-8-19-6-11-25-12-7-19/h2-7,11-12,21H,8-10,13-17H2,1H3,(H,26,28). The lowest BCUT2D eigenvalue weighted by atomic mass is 9.71. The fourth-order valence-corrected chi connectivity index (χ4v) is 4.76. The van der Waals surface area contributed by atoms with E-state index in [-0.39, 0.29) is 23.1 Å². The predicted octanol–water partition coefficient (Wildman–Crippen LogP) is 2.62. The Kier molecular flexibility index (Phi) is 6.13. The zero-order chi connectivity index (χ0) is 21.0. The molecule has 0 radical (unpaired) electrons. The zero-order valence-corrected chi connectivity index (χ0v) is 17.5. The Morgan fingerprint density at radius 3 is 2.63 bits per heavy atom. The molecule has 0 saturated carbocycles. The number of aromatic nitrogens is 1. The van der Waals surface area contributed by atoms with Gasteiger partial charge in [-0.2, -0.15) is 0 Å². The molecule has 2 saturated heterocycles. The Morgan fingerprint density at radius 1 is 1.17 bits per heavy atom. The van der Waals surface area contributed by atoms with Crippen molar-refractivity contribution in [1.82, 2.24) is 15.2 Å². The molecule has 1 aromatic heterocycles. The van der Waals surface area contributed by atoms with Crippen LogP contribution < -0.4 is 5.32 Å². The van der Waals surface area contributed by atoms with Crippen molar-refractivity contribution in [3.8, 4) is 0 Å². The maximum Gasteiger partial charge on any atom is 0.254 e. The number of nitrogens with one attached hydrogen (secondary N) is 1. The summed E-state index contributed by atoms with van der Waals surface area (Å²) < 4.78 is 5.58. The van der Waals surface area contributed by atoms with E-state index in [1.807, 2.05) is 48.2 Å². The lowest BCUT2D eigenvalue weighted by molar-refractivity contribution is -0.129. The molecular formula is C24H29N3O3. The number of amides is 2. The van der Waals surface area contributed by atoms with Gasteiger partial charge in [-0.15, -0.1) is 0 Å². The molecule has 1 unspecified atom stereocenters. The molecule has 2 aromatic rings. The molecule has 1 atom stereocenters. The Bertz CT molecular complexity index is 894. The third-order valence-corrected chi connectivity index (χ3v) is 6.58. The van der Waals surface area contributed by atoms with Crippen molar-refractivity contribution in [3.63, 3.8) is 0 Å². The van der Waals surface area contributed by atoms with Gasteiger partial charge in [-0.1, -0.05) is 18.2 Å². The quantitative estimate of drug-likeness (QED) is 0.827. The lowest BCUT2D eigenvalue weighted by Crippen LogP contribution is -2.44. The number of hydrogen-bond donors (Lipinski definition) is 1. The maximum absolute atomic E-state index is 13.2. The number of ether oxygens (including phenoxy) is 1. The van der Waals surface area contributed by atoms with Crippen molar-refractivity contribution in [2.24, 2.45) is 11.3 Å². The van der Waals surface area contributed by atoms with Gasteiger partial charge in [-0.3, -0.25) is 14.6 Å². The smallest absolute Gasteiger partial charge is 0.254 e. The second kappa shape index (κ2) is 8.96. The molecule has 2 fully saturated rings. The molecule has 2 aliphatic heterocycles. The highest BCUT2D eigenvalue weighted by Gasteiger charge is 2.51. The van der Waals surface area contributed by atoms with Gasteiger partial charge in [0.2, 0.25) is 5.91 Å². The Balaban J connectivity index is 1.46. The van der Waals surface area contributed by atoms with E-state index >= 15 is 0 Å². The number of aryl methyl sites for hydroxylation is 1. The van der Waals surface area contributed by atoms with Crippen molar-refractivity contribution < 1.29 is 14.3 Å². The van der Waals surface area contributed by atoms with Crippen molar-refractivity contribution in [1.29, 1.82) is 0 Å². The third-order valence-electron chi connectivity index (χ3n) is 6.58. The highest BCUT2D eigenvalue weighted by atomic mass is 16.5. The number of pyridine rings is 1. The van der Waals surface area contributed by atoms with E-state index in [9.17, 15) is 9.59 Å². The second-order valence-corrected chi connectivity index (χ2v) is 8.42. The fraction of sp³-hybridized carbons (Fsp3) is 0.458. The van der Waals surface area contributed by atoms with Gasteiger partial charge in [0, 0.05) is 56.2 Å². The van der Waals surface area contributed by atoms with Crippen molar-refractivity contribution in [2.75, 3.05) is 32.8 Å². The van der Waals surface area contributed by atoms with E-state index in [1.54, 1.807) is 12.4 Å². The molecule has 1 aromatic carbocycles. The van der Waals surface area contributed by atoms with Gasteiger partial charge < -0.3 is 15.0 Å². The Labute approximate surface area is 177 Å². The van der Waals surface area contributed by atoms with E-state index in [0.29, 0.717) is 32.8 Å². The van der Waals surface area contributed by atoms with Crippen LogP contribution in [0.3, 0.4) is 0 Å². The number of carbonyl (C=O) groups is 2. The van der Waals surface area contributed by atoms with E-state index in [2.05, 4.69) is 10.3 Å². The van der Waals surface area contributed by atoms with Gasteiger partial charge in [-0.05, 0) is 55.5 Å². The first-order valence-electron chi connectivity index (χ1n) is 10.7. The Hall–Kier alpha value is -2.73. The SMILES string of the molecule is Cc1ccccc1C(=O)N1CC(C(=O)NCCc2ccncc2)C2(CCOCC2)C1. The van der Waals surface area contributed by atoms with Gasteiger partial charge >= 0.3 is 0 Å². The fourth-order valence-electron chi connectivity index (χ4n) is 4.76. The summed E-state index contributed by atoms with van der Waals surface area (Å²) in [7, 11) is 0. The Morgan fingerprint density at radius 2 is 1.90 bits per heavy atom. The highest BCUT2D eigenvalue weighted by Crippen LogP contribution is 2.44. The summed E-state index contributed by atoms with van der Waals surface area (Å²) in [6, 6.07) is 11.6. The molecule has 158 valence electrons. The van der Waals surface area contributed by atoms with E-state index in [0.717, 1.165) is 36.0 Å². The second-order valence-electron chi connectivity index (χ2n) is 8.42. The van der Waals surface area contributed by atoms with Gasteiger partial charge in [0.05, 0.1) is 5.92 Å². The molecule has 6 nitrogen and oxygen atoms in total. The number of nitrogens with zero attached hydrogens (tertiary/aromatic N) is 2. The molecule has 6 heteroatoms. The minimum atomic E-state index is -0.202. The van der Waals surface area contributed by atoms with Gasteiger partial charge in [0.25, 0.3) is 5.91 Å². The van der Waals surface area contributed by atoms with Crippen LogP contribution in [0.5, 0.6) is 0 Å². The summed E-state index contributed by atoms with van der Waals surface area (Å²) in [5.74, 6) is -0.135. The molecule has 0 aliphatic carbocycles. The van der Waals surface area contributed by atoms with Gasteiger partial charge in [0.15, 0.2) is 0 Å². The summed E-state index contributed by atoms with van der Waals surface area (Å²) >= 11 is 0. The first kappa shape index (κ1) is 20.5. The van der Waals surface area contributed by atoms with Crippen LogP contribution in [-0.4, -0.2) is 54.5 Å². The van der Waals surface area contributed by atoms with Crippen molar-refractivity contribution in [2.45, 2.75) is 26.2 Å². The van der Waals surface area contributed by atoms with Crippen LogP contribution in [0.2, 0.25) is 0 Å². The zero-order valence-electron chi connectivity index (χ0n) is 17.5. The third kappa shape index (κ3) is 4.24. The predicted molar refractivity (Wildman–Crippen MR) is 114 cm³/mol. The summed E-state index contributed by atoms with van der Waals surface area (Å²) in [5, 5.41) is 3.12. The summed E-state index contributed by atoms with van der Waals surface area (Å²) in [6.07, 6.45) is 5.92. The van der Waals surface area contributed by atoms with Crippen molar-refractivity contribution in [3.05, 3.63) is 65.5 Å². The minimum absolute atomic E-state index is 0.0195. The maximum atomic E-state index is 13.2. The molecule has 2 amide bonds.